The second-order valence-electron chi connectivity index (χ2n) is 9.04. The van der Waals surface area contributed by atoms with Crippen molar-refractivity contribution in [3.05, 3.63) is 53.1 Å². The summed E-state index contributed by atoms with van der Waals surface area (Å²) in [5.74, 6) is -2.67. The molecule has 0 aliphatic carbocycles. The number of nitrogens with one attached hydrogen (secondary N) is 1. The summed E-state index contributed by atoms with van der Waals surface area (Å²) >= 11 is 0. The maximum absolute atomic E-state index is 13.9. The van der Waals surface area contributed by atoms with Crippen LogP contribution in [0.4, 0.5) is 26.3 Å². The number of allylic oxidation sites excluding steroid dienone is 1. The highest BCUT2D eigenvalue weighted by Gasteiger charge is 2.39. The molecule has 3 aliphatic heterocycles. The molecule has 1 aromatic carbocycles. The summed E-state index contributed by atoms with van der Waals surface area (Å²) in [6, 6.07) is 2.56. The average Bonchev–Trinajstić information content (AvgIpc) is 2.83. The van der Waals surface area contributed by atoms with Crippen LogP contribution in [0.25, 0.3) is 0 Å². The van der Waals surface area contributed by atoms with Gasteiger partial charge in [-0.25, -0.2) is 17.6 Å². The Morgan fingerprint density at radius 2 is 1.92 bits per heavy atom. The number of hydrogen-bond acceptors (Lipinski definition) is 5. The Balaban J connectivity index is 1.49. The van der Waals surface area contributed by atoms with Crippen molar-refractivity contribution in [3.8, 4) is 5.75 Å². The lowest BCUT2D eigenvalue weighted by molar-refractivity contribution is -0.146. The molecule has 1 amide bonds. The van der Waals surface area contributed by atoms with Crippen LogP contribution in [0.5, 0.6) is 5.75 Å². The summed E-state index contributed by atoms with van der Waals surface area (Å²) in [5, 5.41) is 2.64. The van der Waals surface area contributed by atoms with E-state index in [-0.39, 0.29) is 30.7 Å². The average molecular weight is 519 g/mol. The summed E-state index contributed by atoms with van der Waals surface area (Å²) in [7, 11) is 0. The third-order valence-electron chi connectivity index (χ3n) is 6.53. The normalized spacial score (nSPS) is 23.0. The van der Waals surface area contributed by atoms with Crippen molar-refractivity contribution in [1.29, 1.82) is 0 Å². The molecule has 1 aromatic rings. The predicted octanol–water partition coefficient (Wildman–Crippen LogP) is 4.04. The van der Waals surface area contributed by atoms with E-state index in [0.717, 1.165) is 17.0 Å². The molecule has 0 aromatic heterocycles. The standard InChI is InChI=1S/C24H27F6N3O3/c1-13-8-20-14(12-33(13)24(34)22(29)30)9-18(23(36-20)31-11-21(27)28)32-6-4-16(5-7-32)35-19-3-2-15(25)10-17(19)26/h2-3,9-10,13,16,20-22,31H,4-8,11-12H2,1H3. The number of nitrogens with zero attached hydrogens (tertiary/aromatic N) is 2. The summed E-state index contributed by atoms with van der Waals surface area (Å²) in [5.41, 5.74) is 1.08. The third-order valence-corrected chi connectivity index (χ3v) is 6.53. The molecule has 12 heteroatoms. The van der Waals surface area contributed by atoms with Crippen LogP contribution in [-0.4, -0.2) is 73.0 Å². The molecule has 3 heterocycles. The number of carbonyl (C=O) groups excluding carboxylic acids is 1. The highest BCUT2D eigenvalue weighted by molar-refractivity contribution is 5.80. The summed E-state index contributed by atoms with van der Waals surface area (Å²) in [4.78, 5) is 14.9. The topological polar surface area (TPSA) is 54.0 Å². The van der Waals surface area contributed by atoms with Gasteiger partial charge >= 0.3 is 6.43 Å². The van der Waals surface area contributed by atoms with E-state index in [4.69, 9.17) is 9.47 Å². The molecule has 0 radical (unpaired) electrons. The van der Waals surface area contributed by atoms with E-state index in [1.807, 2.05) is 4.90 Å². The van der Waals surface area contributed by atoms with E-state index >= 15 is 0 Å². The Labute approximate surface area is 204 Å². The summed E-state index contributed by atoms with van der Waals surface area (Å²) < 4.78 is 90.7. The Bertz CT molecular complexity index is 1030. The molecular weight excluding hydrogens is 492 g/mol. The van der Waals surface area contributed by atoms with Crippen molar-refractivity contribution in [1.82, 2.24) is 15.1 Å². The molecule has 0 saturated carbocycles. The zero-order valence-electron chi connectivity index (χ0n) is 19.5. The number of rotatable bonds is 7. The Hall–Kier alpha value is -3.05. The molecule has 4 rings (SSSR count). The van der Waals surface area contributed by atoms with Gasteiger partial charge < -0.3 is 24.6 Å². The summed E-state index contributed by atoms with van der Waals surface area (Å²) in [6.45, 7) is 1.78. The number of carbonyl (C=O) groups is 1. The second-order valence-corrected chi connectivity index (χ2v) is 9.04. The maximum Gasteiger partial charge on any atom is 0.315 e. The smallest absolute Gasteiger partial charge is 0.315 e. The number of ether oxygens (including phenoxy) is 2. The van der Waals surface area contributed by atoms with Gasteiger partial charge in [-0.1, -0.05) is 0 Å². The van der Waals surface area contributed by atoms with Crippen LogP contribution in [0.1, 0.15) is 26.2 Å². The molecular formula is C24H27F6N3O3. The van der Waals surface area contributed by atoms with Crippen molar-refractivity contribution < 1.29 is 40.6 Å². The maximum atomic E-state index is 13.9. The van der Waals surface area contributed by atoms with Crippen LogP contribution >= 0.6 is 0 Å². The molecule has 2 fully saturated rings. The molecule has 1 N–H and O–H groups in total. The number of benzene rings is 1. The number of hydrogen-bond donors (Lipinski definition) is 1. The number of alkyl halides is 4. The zero-order valence-corrected chi connectivity index (χ0v) is 19.5. The monoisotopic (exact) mass is 519 g/mol. The quantitative estimate of drug-likeness (QED) is 0.552. The zero-order chi connectivity index (χ0) is 26.0. The Morgan fingerprint density at radius 3 is 2.56 bits per heavy atom. The minimum atomic E-state index is -3.13. The molecule has 0 bridgehead atoms. The first-order valence-electron chi connectivity index (χ1n) is 11.7. The lowest BCUT2D eigenvalue weighted by atomic mass is 9.92. The molecule has 2 saturated heterocycles. The van der Waals surface area contributed by atoms with Crippen molar-refractivity contribution in [2.75, 3.05) is 26.2 Å². The summed E-state index contributed by atoms with van der Waals surface area (Å²) in [6.07, 6.45) is -3.76. The van der Waals surface area contributed by atoms with Gasteiger partial charge in [-0.05, 0) is 30.7 Å². The van der Waals surface area contributed by atoms with Crippen LogP contribution in [0.2, 0.25) is 0 Å². The van der Waals surface area contributed by atoms with Gasteiger partial charge in [0.15, 0.2) is 11.6 Å². The van der Waals surface area contributed by atoms with Crippen LogP contribution in [0.15, 0.2) is 41.4 Å². The predicted molar refractivity (Wildman–Crippen MR) is 117 cm³/mol. The fourth-order valence-electron chi connectivity index (χ4n) is 4.67. The van der Waals surface area contributed by atoms with Crippen molar-refractivity contribution in [2.45, 2.75) is 57.3 Å². The Morgan fingerprint density at radius 1 is 1.19 bits per heavy atom. The molecule has 2 unspecified atom stereocenters. The minimum absolute atomic E-state index is 0.0515. The van der Waals surface area contributed by atoms with Gasteiger partial charge in [-0.15, -0.1) is 0 Å². The van der Waals surface area contributed by atoms with Crippen molar-refractivity contribution in [3.63, 3.8) is 0 Å². The number of halogens is 6. The van der Waals surface area contributed by atoms with Gasteiger partial charge in [0.1, 0.15) is 18.0 Å². The van der Waals surface area contributed by atoms with Crippen LogP contribution < -0.4 is 10.1 Å². The van der Waals surface area contributed by atoms with E-state index in [0.29, 0.717) is 37.2 Å². The largest absolute Gasteiger partial charge is 0.487 e. The molecule has 6 nitrogen and oxygen atoms in total. The fourth-order valence-corrected chi connectivity index (χ4v) is 4.67. The van der Waals surface area contributed by atoms with E-state index in [9.17, 15) is 31.1 Å². The first-order valence-corrected chi connectivity index (χ1v) is 11.7. The van der Waals surface area contributed by atoms with Gasteiger partial charge in [-0.2, -0.15) is 8.78 Å². The minimum Gasteiger partial charge on any atom is -0.487 e. The molecule has 3 aliphatic rings. The lowest BCUT2D eigenvalue weighted by Crippen LogP contribution is -2.51. The van der Waals surface area contributed by atoms with Gasteiger partial charge in [0, 0.05) is 51.0 Å². The van der Waals surface area contributed by atoms with E-state index < -0.39 is 49.1 Å². The van der Waals surface area contributed by atoms with Crippen molar-refractivity contribution >= 4 is 5.91 Å². The van der Waals surface area contributed by atoms with Gasteiger partial charge in [0.05, 0.1) is 12.2 Å². The third kappa shape index (κ3) is 5.84. The molecule has 198 valence electrons. The highest BCUT2D eigenvalue weighted by Crippen LogP contribution is 2.34. The van der Waals surface area contributed by atoms with E-state index in [1.54, 1.807) is 13.0 Å². The lowest BCUT2D eigenvalue weighted by Gasteiger charge is -2.43. The van der Waals surface area contributed by atoms with Crippen LogP contribution in [0.3, 0.4) is 0 Å². The first-order chi connectivity index (χ1) is 17.1. The van der Waals surface area contributed by atoms with Gasteiger partial charge in [0.25, 0.3) is 12.3 Å². The van der Waals surface area contributed by atoms with Crippen LogP contribution in [0, 0.1) is 11.6 Å². The number of fused-ring (bicyclic) bond motifs is 1. The Kier molecular flexibility index (Phi) is 7.89. The van der Waals surface area contributed by atoms with Gasteiger partial charge in [0.2, 0.25) is 5.88 Å². The number of likely N-dealkylation sites (tertiary alicyclic amines) is 2. The van der Waals surface area contributed by atoms with E-state index in [1.165, 1.54) is 6.07 Å². The molecule has 36 heavy (non-hydrogen) atoms. The highest BCUT2D eigenvalue weighted by atomic mass is 19.3. The van der Waals surface area contributed by atoms with Crippen molar-refractivity contribution in [2.24, 2.45) is 0 Å². The molecule has 2 atom stereocenters. The SMILES string of the molecule is CC1CC2OC(NCC(F)F)=C(N3CCC(Oc4ccc(F)cc4F)CC3)C=C2CN1C(=O)C(F)F. The van der Waals surface area contributed by atoms with Crippen LogP contribution in [-0.2, 0) is 9.53 Å². The number of amides is 1. The second kappa shape index (κ2) is 10.9. The molecule has 0 spiro atoms. The van der Waals surface area contributed by atoms with Gasteiger partial charge in [-0.3, -0.25) is 4.79 Å². The number of piperidine rings is 2. The fraction of sp³-hybridized carbons (Fsp3) is 0.542. The van der Waals surface area contributed by atoms with E-state index in [2.05, 4.69) is 5.32 Å². The first kappa shape index (κ1) is 26.0.